The summed E-state index contributed by atoms with van der Waals surface area (Å²) in [6.07, 6.45) is 0.848. The molecule has 0 spiro atoms. The molecule has 1 aliphatic rings. The summed E-state index contributed by atoms with van der Waals surface area (Å²) in [6.45, 7) is 2.18. The van der Waals surface area contributed by atoms with Gasteiger partial charge in [-0.25, -0.2) is 0 Å². The Morgan fingerprint density at radius 3 is 2.70 bits per heavy atom. The van der Waals surface area contributed by atoms with Gasteiger partial charge in [0.2, 0.25) is 11.8 Å². The van der Waals surface area contributed by atoms with Crippen LogP contribution in [0.15, 0.2) is 53.1 Å². The summed E-state index contributed by atoms with van der Waals surface area (Å²) < 4.78 is 10.7. The van der Waals surface area contributed by atoms with Crippen molar-refractivity contribution in [3.63, 3.8) is 0 Å². The standard InChI is InChI=1S/C19H21N3O5/c1-13(27-15-6-3-2-4-7-15)18(24)20-21-19(25)14-10-17(23)22(11-14)12-16-8-5-9-26-16/h2-9,13-14H,10-12H2,1H3,(H,20,24)(H,21,25). The predicted molar refractivity (Wildman–Crippen MR) is 95.0 cm³/mol. The highest BCUT2D eigenvalue weighted by Crippen LogP contribution is 2.20. The van der Waals surface area contributed by atoms with Crippen LogP contribution in [0, 0.1) is 5.92 Å². The second-order valence-corrected chi connectivity index (χ2v) is 6.31. The molecule has 2 N–H and O–H groups in total. The Balaban J connectivity index is 1.45. The minimum atomic E-state index is -0.784. The number of carbonyl (C=O) groups excluding carboxylic acids is 3. The number of amides is 3. The quantitative estimate of drug-likeness (QED) is 0.744. The number of rotatable bonds is 6. The van der Waals surface area contributed by atoms with Gasteiger partial charge in [-0.15, -0.1) is 0 Å². The molecule has 1 aromatic heterocycles. The summed E-state index contributed by atoms with van der Waals surface area (Å²) in [4.78, 5) is 37.9. The van der Waals surface area contributed by atoms with Crippen LogP contribution in [0.1, 0.15) is 19.1 Å². The molecule has 2 atom stereocenters. The number of nitrogens with zero attached hydrogens (tertiary/aromatic N) is 1. The van der Waals surface area contributed by atoms with Gasteiger partial charge in [-0.1, -0.05) is 18.2 Å². The van der Waals surface area contributed by atoms with E-state index in [1.165, 1.54) is 6.26 Å². The highest BCUT2D eigenvalue weighted by Gasteiger charge is 2.35. The average Bonchev–Trinajstić information content (AvgIpc) is 3.31. The van der Waals surface area contributed by atoms with Crippen LogP contribution in [0.2, 0.25) is 0 Å². The Morgan fingerprint density at radius 2 is 2.00 bits per heavy atom. The molecule has 0 aliphatic carbocycles. The van der Waals surface area contributed by atoms with E-state index >= 15 is 0 Å². The molecule has 1 aliphatic heterocycles. The van der Waals surface area contributed by atoms with Crippen molar-refractivity contribution in [3.05, 3.63) is 54.5 Å². The fourth-order valence-corrected chi connectivity index (χ4v) is 2.77. The maximum absolute atomic E-state index is 12.3. The summed E-state index contributed by atoms with van der Waals surface area (Å²) in [5.41, 5.74) is 4.71. The van der Waals surface area contributed by atoms with Crippen LogP contribution < -0.4 is 15.6 Å². The number of likely N-dealkylation sites (tertiary alicyclic amines) is 1. The number of para-hydroxylation sites is 1. The Hall–Kier alpha value is -3.29. The molecule has 27 heavy (non-hydrogen) atoms. The molecule has 1 fully saturated rings. The third kappa shape index (κ3) is 4.87. The summed E-state index contributed by atoms with van der Waals surface area (Å²) in [6, 6.07) is 12.4. The van der Waals surface area contributed by atoms with Gasteiger partial charge in [0.25, 0.3) is 5.91 Å². The number of hydrogen-bond donors (Lipinski definition) is 2. The van der Waals surface area contributed by atoms with Gasteiger partial charge in [0.15, 0.2) is 6.10 Å². The van der Waals surface area contributed by atoms with Crippen molar-refractivity contribution in [3.8, 4) is 5.75 Å². The van der Waals surface area contributed by atoms with Gasteiger partial charge in [-0.2, -0.15) is 0 Å². The van der Waals surface area contributed by atoms with Crippen LogP contribution in [0.5, 0.6) is 5.75 Å². The minimum Gasteiger partial charge on any atom is -0.481 e. The van der Waals surface area contributed by atoms with E-state index in [1.807, 2.05) is 6.07 Å². The number of nitrogens with one attached hydrogen (secondary N) is 2. The minimum absolute atomic E-state index is 0.0957. The normalized spacial score (nSPS) is 17.4. The fraction of sp³-hybridized carbons (Fsp3) is 0.316. The van der Waals surface area contributed by atoms with Gasteiger partial charge in [-0.3, -0.25) is 25.2 Å². The maximum atomic E-state index is 12.3. The third-order valence-electron chi connectivity index (χ3n) is 4.25. The molecule has 142 valence electrons. The Kier molecular flexibility index (Phi) is 5.75. The molecular formula is C19H21N3O5. The van der Waals surface area contributed by atoms with Gasteiger partial charge in [0.05, 0.1) is 18.7 Å². The molecule has 3 rings (SSSR count). The van der Waals surface area contributed by atoms with E-state index < -0.39 is 23.8 Å². The lowest BCUT2D eigenvalue weighted by Gasteiger charge is -2.17. The highest BCUT2D eigenvalue weighted by molar-refractivity contribution is 5.90. The predicted octanol–water partition coefficient (Wildman–Crippen LogP) is 1.24. The molecule has 1 saturated heterocycles. The van der Waals surface area contributed by atoms with Gasteiger partial charge < -0.3 is 14.1 Å². The van der Waals surface area contributed by atoms with Crippen LogP contribution in [-0.4, -0.2) is 35.3 Å². The number of carbonyl (C=O) groups is 3. The van der Waals surface area contributed by atoms with E-state index in [2.05, 4.69) is 10.9 Å². The smallest absolute Gasteiger partial charge is 0.279 e. The van der Waals surface area contributed by atoms with Crippen molar-refractivity contribution in [1.29, 1.82) is 0 Å². The SMILES string of the molecule is CC(Oc1ccccc1)C(=O)NNC(=O)C1CC(=O)N(Cc2ccco2)C1. The first-order valence-electron chi connectivity index (χ1n) is 8.64. The van der Waals surface area contributed by atoms with Crippen molar-refractivity contribution in [2.75, 3.05) is 6.54 Å². The van der Waals surface area contributed by atoms with E-state index in [-0.39, 0.29) is 18.9 Å². The van der Waals surface area contributed by atoms with Crippen LogP contribution in [-0.2, 0) is 20.9 Å². The first-order valence-corrected chi connectivity index (χ1v) is 8.64. The van der Waals surface area contributed by atoms with Crippen molar-refractivity contribution in [2.24, 2.45) is 5.92 Å². The van der Waals surface area contributed by atoms with Gasteiger partial charge in [0.1, 0.15) is 11.5 Å². The van der Waals surface area contributed by atoms with Crippen molar-refractivity contribution < 1.29 is 23.5 Å². The molecule has 1 aromatic carbocycles. The molecule has 8 heteroatoms. The summed E-state index contributed by atoms with van der Waals surface area (Å²) >= 11 is 0. The summed E-state index contributed by atoms with van der Waals surface area (Å²) in [5, 5.41) is 0. The summed E-state index contributed by atoms with van der Waals surface area (Å²) in [5.74, 6) is -0.336. The maximum Gasteiger partial charge on any atom is 0.279 e. The highest BCUT2D eigenvalue weighted by atomic mass is 16.5. The van der Waals surface area contributed by atoms with Crippen LogP contribution in [0.25, 0.3) is 0 Å². The lowest BCUT2D eigenvalue weighted by atomic mass is 10.1. The molecule has 3 amide bonds. The van der Waals surface area contributed by atoms with Crippen LogP contribution >= 0.6 is 0 Å². The first-order chi connectivity index (χ1) is 13.0. The van der Waals surface area contributed by atoms with E-state index in [1.54, 1.807) is 48.2 Å². The zero-order valence-corrected chi connectivity index (χ0v) is 14.9. The second kappa shape index (κ2) is 8.39. The number of hydrogen-bond acceptors (Lipinski definition) is 5. The van der Waals surface area contributed by atoms with E-state index in [9.17, 15) is 14.4 Å². The van der Waals surface area contributed by atoms with Crippen molar-refractivity contribution in [2.45, 2.75) is 26.0 Å². The molecule has 0 bridgehead atoms. The average molecular weight is 371 g/mol. The lowest BCUT2D eigenvalue weighted by Crippen LogP contribution is -2.49. The monoisotopic (exact) mass is 371 g/mol. The van der Waals surface area contributed by atoms with Gasteiger partial charge in [-0.05, 0) is 31.2 Å². The second-order valence-electron chi connectivity index (χ2n) is 6.31. The van der Waals surface area contributed by atoms with Crippen LogP contribution in [0.3, 0.4) is 0 Å². The van der Waals surface area contributed by atoms with Gasteiger partial charge >= 0.3 is 0 Å². The fourth-order valence-electron chi connectivity index (χ4n) is 2.77. The number of furan rings is 1. The van der Waals surface area contributed by atoms with Gasteiger partial charge in [0, 0.05) is 13.0 Å². The third-order valence-corrected chi connectivity index (χ3v) is 4.25. The largest absolute Gasteiger partial charge is 0.481 e. The Labute approximate surface area is 156 Å². The molecule has 2 unspecified atom stereocenters. The Morgan fingerprint density at radius 1 is 1.22 bits per heavy atom. The summed E-state index contributed by atoms with van der Waals surface area (Å²) in [7, 11) is 0. The molecule has 8 nitrogen and oxygen atoms in total. The lowest BCUT2D eigenvalue weighted by molar-refractivity contribution is -0.134. The molecule has 0 saturated carbocycles. The Bertz CT molecular complexity index is 791. The van der Waals surface area contributed by atoms with Crippen molar-refractivity contribution in [1.82, 2.24) is 15.8 Å². The number of ether oxygens (including phenoxy) is 1. The van der Waals surface area contributed by atoms with Crippen LogP contribution in [0.4, 0.5) is 0 Å². The zero-order valence-electron chi connectivity index (χ0n) is 14.9. The molecule has 2 heterocycles. The molecule has 0 radical (unpaired) electrons. The van der Waals surface area contributed by atoms with E-state index in [0.29, 0.717) is 18.1 Å². The first kappa shape index (κ1) is 18.5. The number of benzene rings is 1. The topological polar surface area (TPSA) is 101 Å². The van der Waals surface area contributed by atoms with Crippen molar-refractivity contribution >= 4 is 17.7 Å². The zero-order chi connectivity index (χ0) is 19.2. The molecular weight excluding hydrogens is 350 g/mol. The number of hydrazine groups is 1. The van der Waals surface area contributed by atoms with E-state index in [0.717, 1.165) is 0 Å². The van der Waals surface area contributed by atoms with E-state index in [4.69, 9.17) is 9.15 Å². The molecule has 2 aromatic rings.